The minimum atomic E-state index is -0.893. The first kappa shape index (κ1) is 23.7. The van der Waals surface area contributed by atoms with E-state index in [0.29, 0.717) is 24.3 Å². The zero-order chi connectivity index (χ0) is 24.5. The van der Waals surface area contributed by atoms with Crippen LogP contribution in [-0.2, 0) is 30.1 Å². The van der Waals surface area contributed by atoms with E-state index in [1.165, 1.54) is 5.56 Å². The number of benzene rings is 2. The van der Waals surface area contributed by atoms with Crippen LogP contribution in [0.1, 0.15) is 61.3 Å². The lowest BCUT2D eigenvalue weighted by Crippen LogP contribution is -2.66. The van der Waals surface area contributed by atoms with Gasteiger partial charge in [-0.15, -0.1) is 0 Å². The molecule has 0 bridgehead atoms. The number of anilines is 1. The molecule has 0 spiro atoms. The fraction of sp³-hybridized carbons (Fsp3) is 0.393. The number of rotatable bonds is 6. The molecular formula is C28H34N4O2. The lowest BCUT2D eigenvalue weighted by molar-refractivity contribution is -0.132. The van der Waals surface area contributed by atoms with E-state index in [4.69, 9.17) is 0 Å². The predicted molar refractivity (Wildman–Crippen MR) is 135 cm³/mol. The molecule has 1 fully saturated rings. The Morgan fingerprint density at radius 3 is 2.32 bits per heavy atom. The number of amides is 2. The number of carbonyl (C=O) groups is 2. The Bertz CT molecular complexity index is 1190. The van der Waals surface area contributed by atoms with Crippen molar-refractivity contribution in [1.82, 2.24) is 14.7 Å². The van der Waals surface area contributed by atoms with E-state index >= 15 is 0 Å². The molecular weight excluding hydrogens is 424 g/mol. The number of nitrogens with one attached hydrogen (secondary N) is 1. The summed E-state index contributed by atoms with van der Waals surface area (Å²) in [5.74, 6) is 0.365. The summed E-state index contributed by atoms with van der Waals surface area (Å²) in [6, 6.07) is 19.9. The third-order valence-electron chi connectivity index (χ3n) is 6.82. The second-order valence-electron chi connectivity index (χ2n) is 10.4. The van der Waals surface area contributed by atoms with Crippen LogP contribution in [0.15, 0.2) is 60.7 Å². The molecule has 6 heteroatoms. The molecule has 1 atom stereocenters. The molecule has 1 aliphatic rings. The summed E-state index contributed by atoms with van der Waals surface area (Å²) in [4.78, 5) is 28.6. The minimum absolute atomic E-state index is 0.0899. The summed E-state index contributed by atoms with van der Waals surface area (Å²) in [6.45, 7) is 8.67. The molecule has 1 aliphatic heterocycles. The topological polar surface area (TPSA) is 67.2 Å². The highest BCUT2D eigenvalue weighted by atomic mass is 16.2. The minimum Gasteiger partial charge on any atom is -0.324 e. The second kappa shape index (κ2) is 9.09. The summed E-state index contributed by atoms with van der Waals surface area (Å²) in [5.41, 5.74) is 2.82. The Kier molecular flexibility index (Phi) is 6.34. The van der Waals surface area contributed by atoms with Crippen molar-refractivity contribution in [1.29, 1.82) is 0 Å². The maximum absolute atomic E-state index is 13.6. The largest absolute Gasteiger partial charge is 0.324 e. The quantitative estimate of drug-likeness (QED) is 0.580. The number of nitrogens with zero attached hydrogens (tertiary/aromatic N) is 3. The lowest BCUT2D eigenvalue weighted by atomic mass is 9.84. The van der Waals surface area contributed by atoms with Crippen LogP contribution >= 0.6 is 0 Å². The average Bonchev–Trinajstić information content (AvgIpc) is 3.18. The predicted octanol–water partition coefficient (Wildman–Crippen LogP) is 4.75. The Labute approximate surface area is 202 Å². The van der Waals surface area contributed by atoms with Gasteiger partial charge in [0.15, 0.2) is 0 Å². The van der Waals surface area contributed by atoms with Crippen molar-refractivity contribution in [3.8, 4) is 0 Å². The fourth-order valence-electron chi connectivity index (χ4n) is 4.34. The summed E-state index contributed by atoms with van der Waals surface area (Å²) < 4.78 is 1.69. The van der Waals surface area contributed by atoms with Gasteiger partial charge >= 0.3 is 0 Å². The van der Waals surface area contributed by atoms with Crippen LogP contribution < -0.4 is 5.32 Å². The van der Waals surface area contributed by atoms with Crippen LogP contribution in [0.3, 0.4) is 0 Å². The van der Waals surface area contributed by atoms with Gasteiger partial charge in [0.2, 0.25) is 0 Å². The first-order valence-corrected chi connectivity index (χ1v) is 11.9. The van der Waals surface area contributed by atoms with Crippen LogP contribution in [0.4, 0.5) is 5.82 Å². The van der Waals surface area contributed by atoms with E-state index in [9.17, 15) is 9.59 Å². The molecule has 1 saturated heterocycles. The van der Waals surface area contributed by atoms with Gasteiger partial charge in [0.05, 0.1) is 5.69 Å². The van der Waals surface area contributed by atoms with Gasteiger partial charge in [-0.05, 0) is 43.4 Å². The van der Waals surface area contributed by atoms with Gasteiger partial charge < -0.3 is 10.2 Å². The van der Waals surface area contributed by atoms with Crippen molar-refractivity contribution in [2.24, 2.45) is 7.05 Å². The SMILES string of the molecule is Cn1nc(C(C)(C)C)cc1NC(=O)C1(C)CCN1C(=O)c1ccccc1CCc1ccccc1. The molecule has 1 unspecified atom stereocenters. The van der Waals surface area contributed by atoms with Crippen molar-refractivity contribution in [3.05, 3.63) is 83.0 Å². The second-order valence-corrected chi connectivity index (χ2v) is 10.4. The van der Waals surface area contributed by atoms with Crippen LogP contribution in [0.5, 0.6) is 0 Å². The third kappa shape index (κ3) is 4.63. The van der Waals surface area contributed by atoms with Gasteiger partial charge in [0, 0.05) is 30.6 Å². The average molecular weight is 459 g/mol. The Morgan fingerprint density at radius 2 is 1.71 bits per heavy atom. The monoisotopic (exact) mass is 458 g/mol. The standard InChI is InChI=1S/C28H34N4O2/c1-27(2,3)23-19-24(31(5)30-23)29-26(34)28(4)17-18-32(28)25(33)22-14-10-9-13-21(22)16-15-20-11-7-6-8-12-20/h6-14,19H,15-18H2,1-5H3,(H,29,34). The zero-order valence-corrected chi connectivity index (χ0v) is 20.8. The van der Waals surface area contributed by atoms with E-state index < -0.39 is 5.54 Å². The summed E-state index contributed by atoms with van der Waals surface area (Å²) in [6.07, 6.45) is 2.26. The van der Waals surface area contributed by atoms with Crippen LogP contribution in [0.25, 0.3) is 0 Å². The van der Waals surface area contributed by atoms with Crippen molar-refractivity contribution < 1.29 is 9.59 Å². The fourth-order valence-corrected chi connectivity index (χ4v) is 4.34. The number of aryl methyl sites for hydroxylation is 3. The van der Waals surface area contributed by atoms with Gasteiger partial charge in [-0.3, -0.25) is 14.3 Å². The molecule has 4 rings (SSSR count). The van der Waals surface area contributed by atoms with Crippen molar-refractivity contribution in [2.45, 2.75) is 57.9 Å². The van der Waals surface area contributed by atoms with E-state index in [0.717, 1.165) is 24.1 Å². The number of hydrogen-bond donors (Lipinski definition) is 1. The first-order chi connectivity index (χ1) is 16.1. The number of carbonyl (C=O) groups excluding carboxylic acids is 2. The molecule has 2 heterocycles. The highest BCUT2D eigenvalue weighted by Crippen LogP contribution is 2.34. The van der Waals surface area contributed by atoms with Gasteiger partial charge in [-0.1, -0.05) is 69.3 Å². The molecule has 1 aromatic heterocycles. The normalized spacial score (nSPS) is 17.9. The molecule has 0 aliphatic carbocycles. The van der Waals surface area contributed by atoms with Crippen molar-refractivity contribution >= 4 is 17.6 Å². The van der Waals surface area contributed by atoms with E-state index in [-0.39, 0.29) is 17.2 Å². The third-order valence-corrected chi connectivity index (χ3v) is 6.82. The van der Waals surface area contributed by atoms with Gasteiger partial charge in [0.25, 0.3) is 11.8 Å². The molecule has 0 saturated carbocycles. The zero-order valence-electron chi connectivity index (χ0n) is 20.8. The molecule has 34 heavy (non-hydrogen) atoms. The Morgan fingerprint density at radius 1 is 1.03 bits per heavy atom. The summed E-state index contributed by atoms with van der Waals surface area (Å²) in [7, 11) is 1.82. The van der Waals surface area contributed by atoms with Gasteiger partial charge in [-0.25, -0.2) is 0 Å². The highest BCUT2D eigenvalue weighted by molar-refractivity contribution is 6.05. The molecule has 2 amide bonds. The Balaban J connectivity index is 1.50. The van der Waals surface area contributed by atoms with E-state index in [1.54, 1.807) is 9.58 Å². The van der Waals surface area contributed by atoms with E-state index in [1.807, 2.05) is 62.5 Å². The number of likely N-dealkylation sites (tertiary alicyclic amines) is 1. The van der Waals surface area contributed by atoms with Crippen LogP contribution in [-0.4, -0.2) is 38.6 Å². The van der Waals surface area contributed by atoms with Crippen molar-refractivity contribution in [2.75, 3.05) is 11.9 Å². The van der Waals surface area contributed by atoms with Crippen molar-refractivity contribution in [3.63, 3.8) is 0 Å². The number of aromatic nitrogens is 2. The first-order valence-electron chi connectivity index (χ1n) is 11.9. The summed E-state index contributed by atoms with van der Waals surface area (Å²) in [5, 5.41) is 7.55. The number of hydrogen-bond acceptors (Lipinski definition) is 3. The Hall–Kier alpha value is -3.41. The molecule has 0 radical (unpaired) electrons. The van der Waals surface area contributed by atoms with Gasteiger partial charge in [0.1, 0.15) is 11.4 Å². The maximum Gasteiger partial charge on any atom is 0.255 e. The van der Waals surface area contributed by atoms with Crippen LogP contribution in [0, 0.1) is 0 Å². The highest BCUT2D eigenvalue weighted by Gasteiger charge is 2.50. The smallest absolute Gasteiger partial charge is 0.255 e. The molecule has 178 valence electrons. The maximum atomic E-state index is 13.6. The lowest BCUT2D eigenvalue weighted by Gasteiger charge is -2.49. The van der Waals surface area contributed by atoms with E-state index in [2.05, 4.69) is 43.3 Å². The molecule has 2 aromatic carbocycles. The molecule has 1 N–H and O–H groups in total. The van der Waals surface area contributed by atoms with Gasteiger partial charge in [-0.2, -0.15) is 5.10 Å². The summed E-state index contributed by atoms with van der Waals surface area (Å²) >= 11 is 0. The molecule has 3 aromatic rings. The van der Waals surface area contributed by atoms with Crippen LogP contribution in [0.2, 0.25) is 0 Å². The molecule has 6 nitrogen and oxygen atoms in total.